The molecule has 0 aromatic carbocycles. The van der Waals surface area contributed by atoms with E-state index in [1.54, 1.807) is 0 Å². The number of ketones is 1. The first kappa shape index (κ1) is 14.3. The van der Waals surface area contributed by atoms with Crippen LogP contribution in [0.2, 0.25) is 0 Å². The molecule has 3 nitrogen and oxygen atoms in total. The van der Waals surface area contributed by atoms with Crippen LogP contribution in [0.4, 0.5) is 0 Å². The second kappa shape index (κ2) is 6.85. The Morgan fingerprint density at radius 2 is 2.11 bits per heavy atom. The topological polar surface area (TPSA) is 46.2 Å². The van der Waals surface area contributed by atoms with Gasteiger partial charge in [0.1, 0.15) is 0 Å². The zero-order valence-electron chi connectivity index (χ0n) is 11.4. The molecule has 0 bridgehead atoms. The Labute approximate surface area is 118 Å². The first-order valence-corrected chi connectivity index (χ1v) is 7.91. The number of hydrogen-bond acceptors (Lipinski definition) is 3. The van der Waals surface area contributed by atoms with E-state index >= 15 is 0 Å². The highest BCUT2D eigenvalue weighted by Gasteiger charge is 2.22. The third-order valence-electron chi connectivity index (χ3n) is 3.83. The Morgan fingerprint density at radius 1 is 1.32 bits per heavy atom. The predicted octanol–water partition coefficient (Wildman–Crippen LogP) is 3.41. The number of carbonyl (C=O) groups is 2. The zero-order valence-corrected chi connectivity index (χ0v) is 12.2. The molecule has 1 heterocycles. The van der Waals surface area contributed by atoms with E-state index < -0.39 is 0 Å². The molecular weight excluding hydrogens is 258 g/mol. The Bertz CT molecular complexity index is 427. The highest BCUT2D eigenvalue weighted by atomic mass is 32.1. The van der Waals surface area contributed by atoms with E-state index in [-0.39, 0.29) is 11.7 Å². The van der Waals surface area contributed by atoms with Crippen molar-refractivity contribution < 1.29 is 9.59 Å². The fraction of sp³-hybridized carbons (Fsp3) is 0.600. The van der Waals surface area contributed by atoms with Crippen LogP contribution in [0.5, 0.6) is 0 Å². The summed E-state index contributed by atoms with van der Waals surface area (Å²) < 4.78 is 0. The molecule has 2 unspecified atom stereocenters. The second-order valence-corrected chi connectivity index (χ2v) is 6.28. The lowest BCUT2D eigenvalue weighted by Gasteiger charge is -2.29. The molecule has 1 aromatic rings. The van der Waals surface area contributed by atoms with Gasteiger partial charge in [-0.2, -0.15) is 0 Å². The maximum atomic E-state index is 11.9. The summed E-state index contributed by atoms with van der Waals surface area (Å²) in [5, 5.41) is 4.97. The van der Waals surface area contributed by atoms with Crippen molar-refractivity contribution >= 4 is 23.0 Å². The molecule has 1 aliphatic rings. The van der Waals surface area contributed by atoms with E-state index in [0.29, 0.717) is 24.8 Å². The summed E-state index contributed by atoms with van der Waals surface area (Å²) in [6.45, 7) is 2.20. The quantitative estimate of drug-likeness (QED) is 0.840. The van der Waals surface area contributed by atoms with E-state index in [9.17, 15) is 9.59 Å². The van der Waals surface area contributed by atoms with Crippen molar-refractivity contribution in [3.8, 4) is 0 Å². The second-order valence-electron chi connectivity index (χ2n) is 5.34. The molecule has 1 N–H and O–H groups in total. The van der Waals surface area contributed by atoms with Crippen LogP contribution in [-0.2, 0) is 4.79 Å². The van der Waals surface area contributed by atoms with Crippen LogP contribution < -0.4 is 5.32 Å². The van der Waals surface area contributed by atoms with Gasteiger partial charge in [-0.15, -0.1) is 11.3 Å². The third-order valence-corrected chi connectivity index (χ3v) is 4.74. The minimum atomic E-state index is 0.0173. The van der Waals surface area contributed by atoms with Gasteiger partial charge in [-0.3, -0.25) is 9.59 Å². The molecule has 0 radical (unpaired) electrons. The largest absolute Gasteiger partial charge is 0.353 e. The normalized spacial score (nSPS) is 23.0. The molecule has 2 rings (SSSR count). The number of hydrogen-bond donors (Lipinski definition) is 1. The van der Waals surface area contributed by atoms with Gasteiger partial charge in [-0.05, 0) is 30.2 Å². The third kappa shape index (κ3) is 4.16. The minimum Gasteiger partial charge on any atom is -0.353 e. The highest BCUT2D eigenvalue weighted by molar-refractivity contribution is 7.12. The molecule has 0 spiro atoms. The van der Waals surface area contributed by atoms with Gasteiger partial charge in [0.25, 0.3) is 0 Å². The van der Waals surface area contributed by atoms with Crippen LogP contribution in [-0.4, -0.2) is 17.7 Å². The molecule has 2 atom stereocenters. The standard InChI is InChI=1S/C15H21NO2S/c1-11-5-2-3-6-12(11)16-15(18)9-8-13(17)14-7-4-10-19-14/h4,7,10-12H,2-3,5-6,8-9H2,1H3,(H,16,18). The maximum absolute atomic E-state index is 11.9. The molecule has 104 valence electrons. The van der Waals surface area contributed by atoms with Crippen molar-refractivity contribution in [2.24, 2.45) is 5.92 Å². The van der Waals surface area contributed by atoms with Crippen molar-refractivity contribution in [3.63, 3.8) is 0 Å². The van der Waals surface area contributed by atoms with Gasteiger partial charge in [0, 0.05) is 18.9 Å². The molecule has 0 saturated heterocycles. The number of carbonyl (C=O) groups excluding carboxylic acids is 2. The van der Waals surface area contributed by atoms with Crippen molar-refractivity contribution in [1.82, 2.24) is 5.32 Å². The lowest BCUT2D eigenvalue weighted by Crippen LogP contribution is -2.41. The average Bonchev–Trinajstić information content (AvgIpc) is 2.93. The van der Waals surface area contributed by atoms with Gasteiger partial charge >= 0.3 is 0 Å². The van der Waals surface area contributed by atoms with E-state index in [1.807, 2.05) is 17.5 Å². The first-order valence-electron chi connectivity index (χ1n) is 7.03. The van der Waals surface area contributed by atoms with E-state index in [2.05, 4.69) is 12.2 Å². The number of Topliss-reactive ketones (excluding diaryl/α,β-unsaturated/α-hetero) is 1. The van der Waals surface area contributed by atoms with Crippen LogP contribution in [0.3, 0.4) is 0 Å². The lowest BCUT2D eigenvalue weighted by molar-refractivity contribution is -0.122. The van der Waals surface area contributed by atoms with Crippen LogP contribution in [0.15, 0.2) is 17.5 Å². The fourth-order valence-electron chi connectivity index (χ4n) is 2.60. The number of nitrogens with one attached hydrogen (secondary N) is 1. The fourth-order valence-corrected chi connectivity index (χ4v) is 3.29. The van der Waals surface area contributed by atoms with E-state index in [0.717, 1.165) is 11.3 Å². The SMILES string of the molecule is CC1CCCCC1NC(=O)CCC(=O)c1cccs1. The van der Waals surface area contributed by atoms with E-state index in [4.69, 9.17) is 0 Å². The highest BCUT2D eigenvalue weighted by Crippen LogP contribution is 2.23. The van der Waals surface area contributed by atoms with Gasteiger partial charge in [0.2, 0.25) is 5.91 Å². The van der Waals surface area contributed by atoms with Crippen molar-refractivity contribution in [3.05, 3.63) is 22.4 Å². The maximum Gasteiger partial charge on any atom is 0.220 e. The summed E-state index contributed by atoms with van der Waals surface area (Å²) in [7, 11) is 0. The Balaban J connectivity index is 1.74. The Kier molecular flexibility index (Phi) is 5.14. The van der Waals surface area contributed by atoms with Gasteiger partial charge < -0.3 is 5.32 Å². The summed E-state index contributed by atoms with van der Waals surface area (Å²) >= 11 is 1.44. The van der Waals surface area contributed by atoms with Crippen LogP contribution >= 0.6 is 11.3 Å². The molecular formula is C15H21NO2S. The van der Waals surface area contributed by atoms with Gasteiger partial charge in [0.15, 0.2) is 5.78 Å². The lowest BCUT2D eigenvalue weighted by atomic mass is 9.86. The van der Waals surface area contributed by atoms with Crippen LogP contribution in [0.1, 0.15) is 55.1 Å². The number of rotatable bonds is 5. The van der Waals surface area contributed by atoms with Crippen molar-refractivity contribution in [1.29, 1.82) is 0 Å². The summed E-state index contributed by atoms with van der Waals surface area (Å²) in [5.74, 6) is 0.649. The van der Waals surface area contributed by atoms with Gasteiger partial charge in [-0.1, -0.05) is 25.8 Å². The monoisotopic (exact) mass is 279 g/mol. The smallest absolute Gasteiger partial charge is 0.220 e. The molecule has 4 heteroatoms. The summed E-state index contributed by atoms with van der Waals surface area (Å²) in [6, 6.07) is 3.98. The van der Waals surface area contributed by atoms with Gasteiger partial charge in [0.05, 0.1) is 4.88 Å². The molecule has 0 aliphatic heterocycles. The first-order chi connectivity index (χ1) is 9.16. The van der Waals surface area contributed by atoms with E-state index in [1.165, 1.54) is 30.6 Å². The molecule has 1 fully saturated rings. The molecule has 1 saturated carbocycles. The average molecular weight is 279 g/mol. The van der Waals surface area contributed by atoms with Crippen molar-refractivity contribution in [2.75, 3.05) is 0 Å². The minimum absolute atomic E-state index is 0.0173. The van der Waals surface area contributed by atoms with Crippen molar-refractivity contribution in [2.45, 2.75) is 51.5 Å². The number of thiophene rings is 1. The predicted molar refractivity (Wildman–Crippen MR) is 77.4 cm³/mol. The Hall–Kier alpha value is -1.16. The summed E-state index contributed by atoms with van der Waals surface area (Å²) in [4.78, 5) is 24.4. The van der Waals surface area contributed by atoms with Crippen LogP contribution in [0.25, 0.3) is 0 Å². The molecule has 19 heavy (non-hydrogen) atoms. The zero-order chi connectivity index (χ0) is 13.7. The summed E-state index contributed by atoms with van der Waals surface area (Å²) in [6.07, 6.45) is 5.35. The van der Waals surface area contributed by atoms with Gasteiger partial charge in [-0.25, -0.2) is 0 Å². The number of amides is 1. The summed E-state index contributed by atoms with van der Waals surface area (Å²) in [5.41, 5.74) is 0. The van der Waals surface area contributed by atoms with Crippen LogP contribution in [0, 0.1) is 5.92 Å². The Morgan fingerprint density at radius 3 is 2.79 bits per heavy atom. The molecule has 1 aromatic heterocycles. The molecule has 1 amide bonds. The molecule has 1 aliphatic carbocycles.